The first-order chi connectivity index (χ1) is 6.33. The Labute approximate surface area is 75.0 Å². The van der Waals surface area contributed by atoms with E-state index >= 15 is 0 Å². The Kier molecular flexibility index (Phi) is 1.70. The van der Waals surface area contributed by atoms with Crippen LogP contribution in [0.1, 0.15) is 5.69 Å². The number of fused-ring (bicyclic) bond motifs is 1. The van der Waals surface area contributed by atoms with E-state index in [9.17, 15) is 0 Å². The van der Waals surface area contributed by atoms with Crippen molar-refractivity contribution in [3.8, 4) is 0 Å². The highest BCUT2D eigenvalue weighted by atomic mass is 15.1. The predicted octanol–water partition coefficient (Wildman–Crippen LogP) is 0.274. The quantitative estimate of drug-likeness (QED) is 0.483. The molecule has 0 aromatic carbocycles. The van der Waals surface area contributed by atoms with Crippen LogP contribution in [0.25, 0.3) is 5.65 Å². The topological polar surface area (TPSA) is 66.1 Å². The van der Waals surface area contributed by atoms with Crippen LogP contribution in [0.5, 0.6) is 0 Å². The van der Waals surface area contributed by atoms with Crippen molar-refractivity contribution in [2.45, 2.75) is 0 Å². The van der Waals surface area contributed by atoms with E-state index in [2.05, 4.69) is 15.3 Å². The number of nitrogens with zero attached hydrogens (tertiary/aromatic N) is 3. The van der Waals surface area contributed by atoms with Crippen molar-refractivity contribution >= 4 is 11.5 Å². The second-order valence-electron chi connectivity index (χ2n) is 2.57. The fourth-order valence-electron chi connectivity index (χ4n) is 1.16. The monoisotopic (exact) mass is 175 g/mol. The summed E-state index contributed by atoms with van der Waals surface area (Å²) < 4.78 is 1.81. The van der Waals surface area contributed by atoms with Gasteiger partial charge in [-0.2, -0.15) is 0 Å². The van der Waals surface area contributed by atoms with Crippen LogP contribution in [-0.4, -0.2) is 27.3 Å². The van der Waals surface area contributed by atoms with Crippen molar-refractivity contribution in [3.63, 3.8) is 0 Å². The van der Waals surface area contributed by atoms with Crippen molar-refractivity contribution in [3.05, 3.63) is 30.5 Å². The Morgan fingerprint density at radius 1 is 1.54 bits per heavy atom. The zero-order chi connectivity index (χ0) is 9.26. The normalized spacial score (nSPS) is 10.2. The molecule has 0 fully saturated rings. The molecule has 5 nitrogen and oxygen atoms in total. The SMILES string of the molecule is CNC(=N)c1cnc2cnccn12. The maximum absolute atomic E-state index is 7.58. The second-order valence-corrected chi connectivity index (χ2v) is 2.57. The molecule has 0 radical (unpaired) electrons. The Morgan fingerprint density at radius 2 is 2.38 bits per heavy atom. The zero-order valence-corrected chi connectivity index (χ0v) is 7.15. The minimum absolute atomic E-state index is 0.346. The van der Waals surface area contributed by atoms with Gasteiger partial charge >= 0.3 is 0 Å². The van der Waals surface area contributed by atoms with Gasteiger partial charge in [-0.15, -0.1) is 0 Å². The molecule has 0 spiro atoms. The molecule has 2 aromatic rings. The summed E-state index contributed by atoms with van der Waals surface area (Å²) in [4.78, 5) is 8.04. The minimum Gasteiger partial charge on any atom is -0.372 e. The van der Waals surface area contributed by atoms with Crippen LogP contribution >= 0.6 is 0 Å². The van der Waals surface area contributed by atoms with E-state index in [0.29, 0.717) is 5.84 Å². The molecule has 2 heterocycles. The van der Waals surface area contributed by atoms with Crippen molar-refractivity contribution in [2.24, 2.45) is 0 Å². The molecule has 0 aliphatic heterocycles. The molecule has 5 heteroatoms. The van der Waals surface area contributed by atoms with Crippen molar-refractivity contribution in [2.75, 3.05) is 7.05 Å². The summed E-state index contributed by atoms with van der Waals surface area (Å²) >= 11 is 0. The highest BCUT2D eigenvalue weighted by molar-refractivity contribution is 5.95. The fourth-order valence-corrected chi connectivity index (χ4v) is 1.16. The number of nitrogens with one attached hydrogen (secondary N) is 2. The molecular formula is C8H9N5. The van der Waals surface area contributed by atoms with Crippen LogP contribution in [0.4, 0.5) is 0 Å². The fraction of sp³-hybridized carbons (Fsp3) is 0.125. The zero-order valence-electron chi connectivity index (χ0n) is 7.15. The molecule has 2 aromatic heterocycles. The van der Waals surface area contributed by atoms with Crippen LogP contribution in [0.15, 0.2) is 24.8 Å². The van der Waals surface area contributed by atoms with Gasteiger partial charge in [-0.3, -0.25) is 14.8 Å². The Bertz CT molecular complexity index is 444. The smallest absolute Gasteiger partial charge is 0.155 e. The van der Waals surface area contributed by atoms with E-state index in [1.165, 1.54) is 0 Å². The summed E-state index contributed by atoms with van der Waals surface area (Å²) in [7, 11) is 1.71. The number of aromatic nitrogens is 3. The third kappa shape index (κ3) is 1.14. The Morgan fingerprint density at radius 3 is 3.15 bits per heavy atom. The lowest BCUT2D eigenvalue weighted by molar-refractivity contribution is 1.07. The van der Waals surface area contributed by atoms with Crippen molar-refractivity contribution in [1.82, 2.24) is 19.7 Å². The molecule has 0 saturated carbocycles. The number of rotatable bonds is 1. The van der Waals surface area contributed by atoms with Gasteiger partial charge in [0.05, 0.1) is 12.4 Å². The maximum atomic E-state index is 7.58. The number of hydrogen-bond acceptors (Lipinski definition) is 3. The lowest BCUT2D eigenvalue weighted by Crippen LogP contribution is -2.19. The molecule has 2 N–H and O–H groups in total. The molecule has 0 atom stereocenters. The van der Waals surface area contributed by atoms with Crippen LogP contribution in [0.3, 0.4) is 0 Å². The van der Waals surface area contributed by atoms with E-state index in [-0.39, 0.29) is 0 Å². The molecule has 0 unspecified atom stereocenters. The van der Waals surface area contributed by atoms with Crippen molar-refractivity contribution in [1.29, 1.82) is 5.41 Å². The first-order valence-electron chi connectivity index (χ1n) is 3.86. The number of amidine groups is 1. The van der Waals surface area contributed by atoms with Gasteiger partial charge in [-0.05, 0) is 0 Å². The van der Waals surface area contributed by atoms with Gasteiger partial charge in [0.25, 0.3) is 0 Å². The average molecular weight is 175 g/mol. The van der Waals surface area contributed by atoms with Gasteiger partial charge in [0.2, 0.25) is 0 Å². The van der Waals surface area contributed by atoms with E-state index < -0.39 is 0 Å². The highest BCUT2D eigenvalue weighted by Crippen LogP contribution is 2.03. The Hall–Kier alpha value is -1.91. The molecule has 0 bridgehead atoms. The average Bonchev–Trinajstić information content (AvgIpc) is 2.60. The lowest BCUT2D eigenvalue weighted by Gasteiger charge is -2.00. The van der Waals surface area contributed by atoms with Gasteiger partial charge in [0, 0.05) is 19.4 Å². The summed E-state index contributed by atoms with van der Waals surface area (Å²) in [6.45, 7) is 0. The van der Waals surface area contributed by atoms with E-state index in [4.69, 9.17) is 5.41 Å². The minimum atomic E-state index is 0.346. The second kappa shape index (κ2) is 2.85. The van der Waals surface area contributed by atoms with Gasteiger partial charge in [-0.25, -0.2) is 4.98 Å². The summed E-state index contributed by atoms with van der Waals surface area (Å²) in [5.41, 5.74) is 1.48. The van der Waals surface area contributed by atoms with Gasteiger partial charge in [0.15, 0.2) is 5.65 Å². The molecule has 2 rings (SSSR count). The summed E-state index contributed by atoms with van der Waals surface area (Å²) in [6, 6.07) is 0. The van der Waals surface area contributed by atoms with E-state index in [1.807, 2.05) is 4.40 Å². The summed E-state index contributed by atoms with van der Waals surface area (Å²) in [5.74, 6) is 0.346. The molecular weight excluding hydrogens is 166 g/mol. The Balaban J connectivity index is 2.64. The van der Waals surface area contributed by atoms with Gasteiger partial charge in [0.1, 0.15) is 11.5 Å². The van der Waals surface area contributed by atoms with Crippen molar-refractivity contribution < 1.29 is 0 Å². The molecule has 0 saturated heterocycles. The summed E-state index contributed by atoms with van der Waals surface area (Å²) in [6.07, 6.45) is 6.76. The number of hydrogen-bond donors (Lipinski definition) is 2. The maximum Gasteiger partial charge on any atom is 0.155 e. The highest BCUT2D eigenvalue weighted by Gasteiger charge is 2.05. The van der Waals surface area contributed by atoms with Gasteiger partial charge < -0.3 is 5.32 Å². The van der Waals surface area contributed by atoms with E-state index in [1.54, 1.807) is 31.8 Å². The number of imidazole rings is 1. The molecule has 0 aliphatic rings. The van der Waals surface area contributed by atoms with Crippen LogP contribution < -0.4 is 5.32 Å². The third-order valence-electron chi connectivity index (χ3n) is 1.82. The van der Waals surface area contributed by atoms with Crippen LogP contribution in [0.2, 0.25) is 0 Å². The van der Waals surface area contributed by atoms with E-state index in [0.717, 1.165) is 11.3 Å². The molecule has 0 aliphatic carbocycles. The molecule has 13 heavy (non-hydrogen) atoms. The van der Waals surface area contributed by atoms with Gasteiger partial charge in [-0.1, -0.05) is 0 Å². The molecule has 66 valence electrons. The third-order valence-corrected chi connectivity index (χ3v) is 1.82. The van der Waals surface area contributed by atoms with Crippen LogP contribution in [-0.2, 0) is 0 Å². The summed E-state index contributed by atoms with van der Waals surface area (Å²) in [5, 5.41) is 10.3. The first kappa shape index (κ1) is 7.72. The first-order valence-corrected chi connectivity index (χ1v) is 3.86. The van der Waals surface area contributed by atoms with Crippen LogP contribution in [0, 0.1) is 5.41 Å². The molecule has 0 amide bonds. The standard InChI is InChI=1S/C8H9N5/c1-10-8(9)6-4-12-7-5-11-2-3-13(6)7/h2-5H,1H3,(H2,9,10). The lowest BCUT2D eigenvalue weighted by atomic mass is 10.4. The largest absolute Gasteiger partial charge is 0.372 e. The predicted molar refractivity (Wildman–Crippen MR) is 48.9 cm³/mol.